The monoisotopic (exact) mass is 356 g/mol. The largest absolute Gasteiger partial charge is 0.328 e. The van der Waals surface area contributed by atoms with Crippen LogP contribution in [0.5, 0.6) is 0 Å². The van der Waals surface area contributed by atoms with Gasteiger partial charge in [0.1, 0.15) is 11.6 Å². The molecule has 0 bridgehead atoms. The SMILES string of the molecule is Cc1nccn1Cc1nnc(C2CCCN(C3CCCCCC3)C2)n1C. The zero-order valence-electron chi connectivity index (χ0n) is 16.3. The topological polar surface area (TPSA) is 51.8 Å². The van der Waals surface area contributed by atoms with Crippen LogP contribution < -0.4 is 0 Å². The van der Waals surface area contributed by atoms with Gasteiger partial charge in [0.25, 0.3) is 0 Å². The van der Waals surface area contributed by atoms with Gasteiger partial charge in [-0.3, -0.25) is 4.90 Å². The summed E-state index contributed by atoms with van der Waals surface area (Å²) < 4.78 is 4.35. The summed E-state index contributed by atoms with van der Waals surface area (Å²) in [6, 6.07) is 0.793. The van der Waals surface area contributed by atoms with Crippen LogP contribution in [0, 0.1) is 6.92 Å². The Morgan fingerprint density at radius 1 is 1.04 bits per heavy atom. The highest BCUT2D eigenvalue weighted by molar-refractivity contribution is 5.06. The van der Waals surface area contributed by atoms with Gasteiger partial charge in [-0.2, -0.15) is 0 Å². The molecule has 1 saturated heterocycles. The minimum absolute atomic E-state index is 0.516. The van der Waals surface area contributed by atoms with E-state index in [0.29, 0.717) is 5.92 Å². The summed E-state index contributed by atoms with van der Waals surface area (Å²) in [5, 5.41) is 9.11. The molecule has 0 N–H and O–H groups in total. The molecular formula is C20H32N6. The van der Waals surface area contributed by atoms with Gasteiger partial charge in [-0.1, -0.05) is 25.7 Å². The second kappa shape index (κ2) is 7.91. The molecule has 2 aromatic heterocycles. The molecule has 2 aliphatic rings. The Hall–Kier alpha value is -1.69. The molecular weight excluding hydrogens is 324 g/mol. The van der Waals surface area contributed by atoms with Crippen molar-refractivity contribution in [3.63, 3.8) is 0 Å². The molecule has 3 heterocycles. The van der Waals surface area contributed by atoms with Crippen LogP contribution in [0.25, 0.3) is 0 Å². The molecule has 1 aliphatic carbocycles. The summed E-state index contributed by atoms with van der Waals surface area (Å²) in [4.78, 5) is 7.07. The maximum atomic E-state index is 4.60. The van der Waals surface area contributed by atoms with Crippen molar-refractivity contribution >= 4 is 0 Å². The van der Waals surface area contributed by atoms with Gasteiger partial charge in [0, 0.05) is 37.9 Å². The fourth-order valence-electron chi connectivity index (χ4n) is 4.76. The first-order chi connectivity index (χ1) is 12.7. The van der Waals surface area contributed by atoms with Gasteiger partial charge in [0.05, 0.1) is 6.54 Å². The Morgan fingerprint density at radius 2 is 1.85 bits per heavy atom. The molecule has 1 atom stereocenters. The summed E-state index contributed by atoms with van der Waals surface area (Å²) in [5.74, 6) is 3.72. The molecule has 0 spiro atoms. The average molecular weight is 357 g/mol. The standard InChI is InChI=1S/C20H32N6/c1-16-21-11-13-25(16)15-19-22-23-20(24(19)2)17-8-7-12-26(14-17)18-9-5-3-4-6-10-18/h11,13,17-18H,3-10,12,14-15H2,1-2H3. The Labute approximate surface area is 156 Å². The molecule has 0 radical (unpaired) electrons. The second-order valence-corrected chi connectivity index (χ2v) is 8.12. The highest BCUT2D eigenvalue weighted by atomic mass is 15.3. The van der Waals surface area contributed by atoms with Crippen LogP contribution in [0.15, 0.2) is 12.4 Å². The van der Waals surface area contributed by atoms with Crippen LogP contribution in [0.1, 0.15) is 74.8 Å². The predicted octanol–water partition coefficient (Wildman–Crippen LogP) is 3.27. The van der Waals surface area contributed by atoms with E-state index in [1.807, 2.05) is 19.3 Å². The number of piperidine rings is 1. The Morgan fingerprint density at radius 3 is 2.58 bits per heavy atom. The molecule has 142 valence electrons. The van der Waals surface area contributed by atoms with Gasteiger partial charge in [-0.25, -0.2) is 4.98 Å². The van der Waals surface area contributed by atoms with Crippen molar-refractivity contribution in [2.45, 2.75) is 76.8 Å². The first-order valence-electron chi connectivity index (χ1n) is 10.3. The van der Waals surface area contributed by atoms with Crippen LogP contribution in [0.3, 0.4) is 0 Å². The fraction of sp³-hybridized carbons (Fsp3) is 0.750. The van der Waals surface area contributed by atoms with Gasteiger partial charge in [-0.15, -0.1) is 10.2 Å². The van der Waals surface area contributed by atoms with E-state index in [1.165, 1.54) is 57.9 Å². The van der Waals surface area contributed by atoms with E-state index in [2.05, 4.69) is 36.3 Å². The van der Waals surface area contributed by atoms with Crippen molar-refractivity contribution < 1.29 is 0 Å². The Balaban J connectivity index is 1.46. The minimum Gasteiger partial charge on any atom is -0.328 e. The fourth-order valence-corrected chi connectivity index (χ4v) is 4.76. The van der Waals surface area contributed by atoms with Crippen LogP contribution in [-0.4, -0.2) is 48.3 Å². The van der Waals surface area contributed by atoms with E-state index in [9.17, 15) is 0 Å². The lowest BCUT2D eigenvalue weighted by Crippen LogP contribution is -2.42. The van der Waals surface area contributed by atoms with Crippen LogP contribution in [0.2, 0.25) is 0 Å². The Bertz CT molecular complexity index is 710. The van der Waals surface area contributed by atoms with E-state index in [1.54, 1.807) is 0 Å². The van der Waals surface area contributed by atoms with E-state index in [0.717, 1.165) is 36.6 Å². The molecule has 1 unspecified atom stereocenters. The molecule has 6 nitrogen and oxygen atoms in total. The molecule has 1 saturated carbocycles. The molecule has 2 fully saturated rings. The zero-order chi connectivity index (χ0) is 17.9. The van der Waals surface area contributed by atoms with Crippen molar-refractivity contribution in [2.24, 2.45) is 7.05 Å². The van der Waals surface area contributed by atoms with Crippen LogP contribution in [0.4, 0.5) is 0 Å². The van der Waals surface area contributed by atoms with Crippen molar-refractivity contribution in [2.75, 3.05) is 13.1 Å². The molecule has 0 amide bonds. The van der Waals surface area contributed by atoms with E-state index < -0.39 is 0 Å². The summed E-state index contributed by atoms with van der Waals surface area (Å²) >= 11 is 0. The third-order valence-corrected chi connectivity index (χ3v) is 6.39. The lowest BCUT2D eigenvalue weighted by atomic mass is 9.94. The summed E-state index contributed by atoms with van der Waals surface area (Å²) in [7, 11) is 2.13. The average Bonchev–Trinajstić information content (AvgIpc) is 3.10. The predicted molar refractivity (Wildman–Crippen MR) is 102 cm³/mol. The van der Waals surface area contributed by atoms with Gasteiger partial charge in [0.2, 0.25) is 0 Å². The van der Waals surface area contributed by atoms with Crippen molar-refractivity contribution in [1.82, 2.24) is 29.2 Å². The number of imidazole rings is 1. The number of nitrogens with zero attached hydrogens (tertiary/aromatic N) is 6. The molecule has 6 heteroatoms. The number of hydrogen-bond donors (Lipinski definition) is 0. The quantitative estimate of drug-likeness (QED) is 0.789. The molecule has 2 aromatic rings. The molecule has 1 aliphatic heterocycles. The highest BCUT2D eigenvalue weighted by Crippen LogP contribution is 2.30. The van der Waals surface area contributed by atoms with Gasteiger partial charge >= 0.3 is 0 Å². The number of aryl methyl sites for hydroxylation is 1. The first kappa shape index (κ1) is 17.7. The van der Waals surface area contributed by atoms with Crippen LogP contribution >= 0.6 is 0 Å². The van der Waals surface area contributed by atoms with Crippen molar-refractivity contribution in [3.8, 4) is 0 Å². The lowest BCUT2D eigenvalue weighted by molar-refractivity contribution is 0.132. The molecule has 0 aromatic carbocycles. The summed E-state index contributed by atoms with van der Waals surface area (Å²) in [5.41, 5.74) is 0. The number of likely N-dealkylation sites (tertiary alicyclic amines) is 1. The third-order valence-electron chi connectivity index (χ3n) is 6.39. The number of hydrogen-bond acceptors (Lipinski definition) is 4. The number of rotatable bonds is 4. The van der Waals surface area contributed by atoms with Crippen molar-refractivity contribution in [1.29, 1.82) is 0 Å². The van der Waals surface area contributed by atoms with E-state index in [-0.39, 0.29) is 0 Å². The minimum atomic E-state index is 0.516. The second-order valence-electron chi connectivity index (χ2n) is 8.12. The van der Waals surface area contributed by atoms with Gasteiger partial charge in [0.15, 0.2) is 5.82 Å². The smallest absolute Gasteiger partial charge is 0.152 e. The maximum Gasteiger partial charge on any atom is 0.152 e. The Kier molecular flexibility index (Phi) is 5.38. The normalized spacial score (nSPS) is 23.2. The zero-order valence-corrected chi connectivity index (χ0v) is 16.3. The van der Waals surface area contributed by atoms with E-state index in [4.69, 9.17) is 0 Å². The van der Waals surface area contributed by atoms with Crippen molar-refractivity contribution in [3.05, 3.63) is 29.9 Å². The maximum absolute atomic E-state index is 4.60. The van der Waals surface area contributed by atoms with Crippen LogP contribution in [-0.2, 0) is 13.6 Å². The summed E-state index contributed by atoms with van der Waals surface area (Å²) in [6.45, 7) is 5.19. The molecule has 4 rings (SSSR count). The third kappa shape index (κ3) is 3.70. The highest BCUT2D eigenvalue weighted by Gasteiger charge is 2.30. The molecule has 26 heavy (non-hydrogen) atoms. The van der Waals surface area contributed by atoms with E-state index >= 15 is 0 Å². The summed E-state index contributed by atoms with van der Waals surface area (Å²) in [6.07, 6.45) is 14.8. The van der Waals surface area contributed by atoms with Gasteiger partial charge in [-0.05, 0) is 39.2 Å². The number of aromatic nitrogens is 5. The lowest BCUT2D eigenvalue weighted by Gasteiger charge is -2.37. The van der Waals surface area contributed by atoms with Gasteiger partial charge < -0.3 is 9.13 Å². The first-order valence-corrected chi connectivity index (χ1v) is 10.3.